The predicted molar refractivity (Wildman–Crippen MR) is 144 cm³/mol. The number of hydrogen-bond acceptors (Lipinski definition) is 8. The Morgan fingerprint density at radius 2 is 2.06 bits per heavy atom. The molecule has 182 valence electrons. The smallest absolute Gasteiger partial charge is 0.301 e. The molecule has 10 heteroatoms. The van der Waals surface area contributed by atoms with Gasteiger partial charge in [-0.25, -0.2) is 4.98 Å². The molecule has 0 bridgehead atoms. The molecule has 4 heterocycles. The van der Waals surface area contributed by atoms with Crippen LogP contribution in [0.25, 0.3) is 16.0 Å². The van der Waals surface area contributed by atoms with Crippen LogP contribution in [0.1, 0.15) is 22.0 Å². The number of nitrogens with zero attached hydrogens (tertiary/aromatic N) is 3. The van der Waals surface area contributed by atoms with Gasteiger partial charge in [0.1, 0.15) is 24.2 Å². The molecule has 2 aromatic carbocycles. The number of rotatable bonds is 3. The summed E-state index contributed by atoms with van der Waals surface area (Å²) >= 11 is 9.01. The maximum atomic E-state index is 13.4. The highest BCUT2D eigenvalue weighted by Gasteiger charge is 2.48. The number of amides is 1. The minimum absolute atomic E-state index is 0.0373. The molecular weight excluding hydrogens is 518 g/mol. The van der Waals surface area contributed by atoms with E-state index < -0.39 is 17.7 Å². The molecule has 6 rings (SSSR count). The third kappa shape index (κ3) is 3.57. The van der Waals surface area contributed by atoms with Crippen molar-refractivity contribution in [3.05, 3.63) is 74.4 Å². The first-order chi connectivity index (χ1) is 17.3. The van der Waals surface area contributed by atoms with Gasteiger partial charge < -0.3 is 14.7 Å². The number of hydrogen-bond donors (Lipinski definition) is 1. The molecule has 36 heavy (non-hydrogen) atoms. The molecule has 1 fully saturated rings. The van der Waals surface area contributed by atoms with E-state index in [1.165, 1.54) is 27.6 Å². The highest BCUT2D eigenvalue weighted by molar-refractivity contribution is 7.22. The average molecular weight is 538 g/mol. The zero-order chi connectivity index (χ0) is 25.1. The summed E-state index contributed by atoms with van der Waals surface area (Å²) in [5.41, 5.74) is 2.84. The Bertz CT molecular complexity index is 1540. The molecule has 0 saturated carbocycles. The SMILES string of the molecule is Cc1cc2sc(N3C(=O)C(=O)/C(=C(/O)c4ccc5c(c4)N(C)CCO5)C3c3cccs3)nc2cc1Cl. The number of likely N-dealkylation sites (N-methyl/N-ethyl adjacent to an activating group) is 1. The topological polar surface area (TPSA) is 83.0 Å². The first-order valence-electron chi connectivity index (χ1n) is 11.2. The molecule has 0 aliphatic carbocycles. The van der Waals surface area contributed by atoms with Gasteiger partial charge in [-0.3, -0.25) is 14.5 Å². The third-order valence-electron chi connectivity index (χ3n) is 6.45. The zero-order valence-corrected chi connectivity index (χ0v) is 21.7. The molecule has 1 amide bonds. The Morgan fingerprint density at radius 3 is 2.83 bits per heavy atom. The molecule has 4 aromatic rings. The van der Waals surface area contributed by atoms with E-state index in [9.17, 15) is 14.7 Å². The van der Waals surface area contributed by atoms with Gasteiger partial charge in [0.05, 0.1) is 28.0 Å². The van der Waals surface area contributed by atoms with E-state index in [1.807, 2.05) is 42.5 Å². The Labute approximate surface area is 219 Å². The van der Waals surface area contributed by atoms with Crippen LogP contribution in [0, 0.1) is 6.92 Å². The molecule has 2 aromatic heterocycles. The summed E-state index contributed by atoms with van der Waals surface area (Å²) in [7, 11) is 1.94. The summed E-state index contributed by atoms with van der Waals surface area (Å²) in [6.45, 7) is 3.18. The molecule has 1 atom stereocenters. The van der Waals surface area contributed by atoms with Crippen LogP contribution in [-0.2, 0) is 9.59 Å². The van der Waals surface area contributed by atoms with Gasteiger partial charge in [0.15, 0.2) is 5.13 Å². The minimum atomic E-state index is -0.799. The number of halogens is 1. The minimum Gasteiger partial charge on any atom is -0.507 e. The number of carbonyl (C=O) groups excluding carboxylic acids is 2. The number of aromatic nitrogens is 1. The number of thiophene rings is 1. The summed E-state index contributed by atoms with van der Waals surface area (Å²) in [5, 5.41) is 14.3. The number of ether oxygens (including phenoxy) is 1. The first kappa shape index (κ1) is 23.0. The molecule has 1 saturated heterocycles. The molecule has 0 spiro atoms. The molecule has 2 aliphatic rings. The van der Waals surface area contributed by atoms with Gasteiger partial charge in [-0.1, -0.05) is 29.0 Å². The third-order valence-corrected chi connectivity index (χ3v) is 8.80. The Morgan fingerprint density at radius 1 is 1.22 bits per heavy atom. The standard InChI is InChI=1S/C26H20ClN3O4S2/c1-13-10-20-16(12-15(13)27)28-26(36-20)30-22(19-4-3-9-35-19)21(24(32)25(30)33)23(31)14-5-6-18-17(11-14)29(2)7-8-34-18/h3-6,9-12,22,31H,7-8H2,1-2H3/b23-21+. The molecule has 7 nitrogen and oxygen atoms in total. The van der Waals surface area contributed by atoms with E-state index in [4.69, 9.17) is 16.3 Å². The van der Waals surface area contributed by atoms with Gasteiger partial charge in [-0.05, 0) is 54.3 Å². The molecule has 1 N–H and O–H groups in total. The summed E-state index contributed by atoms with van der Waals surface area (Å²) in [6, 6.07) is 11.8. The highest BCUT2D eigenvalue weighted by atomic mass is 35.5. The fourth-order valence-corrected chi connectivity index (χ4v) is 6.59. The van der Waals surface area contributed by atoms with Crippen molar-refractivity contribution in [1.82, 2.24) is 4.98 Å². The van der Waals surface area contributed by atoms with Crippen LogP contribution in [0.4, 0.5) is 10.8 Å². The summed E-state index contributed by atoms with van der Waals surface area (Å²) in [6.07, 6.45) is 0. The summed E-state index contributed by atoms with van der Waals surface area (Å²) in [5.74, 6) is -0.994. The summed E-state index contributed by atoms with van der Waals surface area (Å²) in [4.78, 5) is 35.6. The van der Waals surface area contributed by atoms with Crippen molar-refractivity contribution in [2.24, 2.45) is 0 Å². The van der Waals surface area contributed by atoms with Crippen LogP contribution in [-0.4, -0.2) is 42.0 Å². The number of aliphatic hydroxyl groups excluding tert-OH is 1. The van der Waals surface area contributed by atoms with E-state index >= 15 is 0 Å². The Balaban J connectivity index is 1.52. The Kier molecular flexibility index (Phi) is 5.51. The lowest BCUT2D eigenvalue weighted by Gasteiger charge is -2.28. The van der Waals surface area contributed by atoms with Gasteiger partial charge >= 0.3 is 5.91 Å². The second-order valence-electron chi connectivity index (χ2n) is 8.70. The summed E-state index contributed by atoms with van der Waals surface area (Å²) < 4.78 is 6.57. The van der Waals surface area contributed by atoms with Crippen LogP contribution in [0.2, 0.25) is 5.02 Å². The zero-order valence-electron chi connectivity index (χ0n) is 19.3. The lowest BCUT2D eigenvalue weighted by molar-refractivity contribution is -0.132. The van der Waals surface area contributed by atoms with Gasteiger partial charge in [0, 0.05) is 22.5 Å². The number of carbonyl (C=O) groups is 2. The number of fused-ring (bicyclic) bond motifs is 2. The number of thiazole rings is 1. The van der Waals surface area contributed by atoms with Crippen LogP contribution < -0.4 is 14.5 Å². The number of aryl methyl sites for hydroxylation is 1. The van der Waals surface area contributed by atoms with Crippen molar-refractivity contribution in [3.8, 4) is 5.75 Å². The van der Waals surface area contributed by atoms with Gasteiger partial charge in [-0.2, -0.15) is 0 Å². The van der Waals surface area contributed by atoms with Crippen LogP contribution in [0.15, 0.2) is 53.4 Å². The van der Waals surface area contributed by atoms with Crippen molar-refractivity contribution in [1.29, 1.82) is 0 Å². The highest BCUT2D eigenvalue weighted by Crippen LogP contribution is 2.46. The average Bonchev–Trinajstić information content (AvgIpc) is 3.58. The lowest BCUT2D eigenvalue weighted by Crippen LogP contribution is -2.29. The van der Waals surface area contributed by atoms with Crippen molar-refractivity contribution in [3.63, 3.8) is 0 Å². The van der Waals surface area contributed by atoms with Crippen molar-refractivity contribution < 1.29 is 19.4 Å². The van der Waals surface area contributed by atoms with Gasteiger partial charge in [0.2, 0.25) is 0 Å². The van der Waals surface area contributed by atoms with Crippen LogP contribution in [0.3, 0.4) is 0 Å². The van der Waals surface area contributed by atoms with E-state index in [1.54, 1.807) is 24.3 Å². The van der Waals surface area contributed by atoms with Crippen LogP contribution in [0.5, 0.6) is 5.75 Å². The molecule has 0 radical (unpaired) electrons. The fraction of sp³-hybridized carbons (Fsp3) is 0.192. The van der Waals surface area contributed by atoms with Gasteiger partial charge in [0.25, 0.3) is 5.78 Å². The lowest BCUT2D eigenvalue weighted by atomic mass is 9.99. The quantitative estimate of drug-likeness (QED) is 0.203. The largest absolute Gasteiger partial charge is 0.507 e. The first-order valence-corrected chi connectivity index (χ1v) is 13.3. The second kappa shape index (κ2) is 8.62. The van der Waals surface area contributed by atoms with Crippen molar-refractivity contribution in [2.75, 3.05) is 30.0 Å². The van der Waals surface area contributed by atoms with E-state index in [0.29, 0.717) is 40.1 Å². The second-order valence-corrected chi connectivity index (χ2v) is 11.1. The van der Waals surface area contributed by atoms with E-state index in [2.05, 4.69) is 4.98 Å². The van der Waals surface area contributed by atoms with Crippen LogP contribution >= 0.6 is 34.3 Å². The maximum absolute atomic E-state index is 13.4. The number of ketones is 1. The fourth-order valence-electron chi connectivity index (χ4n) is 4.54. The number of benzene rings is 2. The van der Waals surface area contributed by atoms with Crippen molar-refractivity contribution in [2.45, 2.75) is 13.0 Å². The maximum Gasteiger partial charge on any atom is 0.301 e. The number of anilines is 2. The number of Topliss-reactive ketones (excluding diaryl/α,β-unsaturated/α-hetero) is 1. The normalized spacial score (nSPS) is 19.1. The van der Waals surface area contributed by atoms with Gasteiger partial charge in [-0.15, -0.1) is 11.3 Å². The molecule has 2 aliphatic heterocycles. The molecule has 1 unspecified atom stereocenters. The number of aliphatic hydroxyl groups is 1. The van der Waals surface area contributed by atoms with E-state index in [0.717, 1.165) is 20.8 Å². The molecular formula is C26H20ClN3O4S2. The monoisotopic (exact) mass is 537 g/mol. The van der Waals surface area contributed by atoms with E-state index in [-0.39, 0.29) is 11.3 Å². The predicted octanol–water partition coefficient (Wildman–Crippen LogP) is 5.77. The Hall–Kier alpha value is -3.40. The van der Waals surface area contributed by atoms with Crippen molar-refractivity contribution >= 4 is 72.8 Å².